The Morgan fingerprint density at radius 2 is 2.04 bits per heavy atom. The van der Waals surface area contributed by atoms with Crippen molar-refractivity contribution >= 4 is 22.2 Å². The molecule has 0 radical (unpaired) electrons. The van der Waals surface area contributed by atoms with Gasteiger partial charge < -0.3 is 5.32 Å². The number of rotatable bonds is 6. The minimum atomic E-state index is -0.265. The molecule has 0 saturated carbocycles. The van der Waals surface area contributed by atoms with Crippen LogP contribution in [-0.2, 0) is 17.6 Å². The third kappa shape index (κ3) is 3.89. The molecular weight excluding hydrogens is 317 g/mol. The Hall–Kier alpha value is -2.35. The number of amides is 1. The number of carbonyl (C=O) groups is 1. The lowest BCUT2D eigenvalue weighted by Gasteiger charge is -2.04. The summed E-state index contributed by atoms with van der Waals surface area (Å²) in [6, 6.07) is 6.21. The maximum atomic E-state index is 12.8. The fourth-order valence-electron chi connectivity index (χ4n) is 2.16. The van der Waals surface area contributed by atoms with Crippen molar-refractivity contribution in [1.82, 2.24) is 25.1 Å². The second-order valence-electron chi connectivity index (χ2n) is 5.16. The first-order valence-corrected chi connectivity index (χ1v) is 8.12. The van der Waals surface area contributed by atoms with Gasteiger partial charge in [0.1, 0.15) is 10.8 Å². The van der Waals surface area contributed by atoms with Crippen LogP contribution in [0.3, 0.4) is 0 Å². The molecule has 8 heteroatoms. The van der Waals surface area contributed by atoms with Crippen LogP contribution >= 0.6 is 11.3 Å². The van der Waals surface area contributed by atoms with E-state index in [-0.39, 0.29) is 11.7 Å². The summed E-state index contributed by atoms with van der Waals surface area (Å²) in [6.45, 7) is 2.38. The predicted molar refractivity (Wildman–Crippen MR) is 84.8 cm³/mol. The number of fused-ring (bicyclic) bond motifs is 1. The molecule has 3 rings (SSSR count). The van der Waals surface area contributed by atoms with Crippen molar-refractivity contribution in [3.8, 4) is 0 Å². The van der Waals surface area contributed by atoms with E-state index in [9.17, 15) is 9.18 Å². The van der Waals surface area contributed by atoms with E-state index < -0.39 is 0 Å². The summed E-state index contributed by atoms with van der Waals surface area (Å²) in [5.74, 6) is 0.470. The molecule has 0 bridgehead atoms. The number of aromatic nitrogens is 4. The number of halogens is 1. The van der Waals surface area contributed by atoms with Gasteiger partial charge in [-0.3, -0.25) is 4.79 Å². The summed E-state index contributed by atoms with van der Waals surface area (Å²) in [4.78, 5) is 12.6. The van der Waals surface area contributed by atoms with Gasteiger partial charge in [-0.25, -0.2) is 4.39 Å². The molecule has 0 aliphatic carbocycles. The second kappa shape index (κ2) is 6.82. The highest BCUT2D eigenvalue weighted by molar-refractivity contribution is 7.16. The molecule has 0 atom stereocenters. The first-order valence-electron chi connectivity index (χ1n) is 7.30. The van der Waals surface area contributed by atoms with Gasteiger partial charge in [0.2, 0.25) is 10.9 Å². The molecule has 0 aliphatic heterocycles. The van der Waals surface area contributed by atoms with Gasteiger partial charge in [-0.05, 0) is 31.0 Å². The second-order valence-corrected chi connectivity index (χ2v) is 6.20. The first-order chi connectivity index (χ1) is 11.1. The Labute approximate surface area is 136 Å². The van der Waals surface area contributed by atoms with Gasteiger partial charge in [-0.15, -0.1) is 10.2 Å². The summed E-state index contributed by atoms with van der Waals surface area (Å²) in [5.41, 5.74) is 0.950. The molecule has 0 aliphatic rings. The summed E-state index contributed by atoms with van der Waals surface area (Å²) in [5, 5.41) is 16.1. The van der Waals surface area contributed by atoms with E-state index in [1.807, 2.05) is 6.92 Å². The molecule has 2 heterocycles. The number of carbonyl (C=O) groups excluding carboxylic acids is 1. The SMILES string of the molecule is Cc1nnc2sc(CCNC(=O)CCc3ccc(F)cc3)nn12. The Bertz CT molecular complexity index is 811. The number of benzene rings is 1. The van der Waals surface area contributed by atoms with Crippen molar-refractivity contribution in [3.63, 3.8) is 0 Å². The third-order valence-corrected chi connectivity index (χ3v) is 4.36. The molecule has 3 aromatic rings. The van der Waals surface area contributed by atoms with E-state index in [1.54, 1.807) is 16.6 Å². The molecule has 0 spiro atoms. The smallest absolute Gasteiger partial charge is 0.234 e. The summed E-state index contributed by atoms with van der Waals surface area (Å²) < 4.78 is 14.5. The molecular formula is C15H16FN5OS. The standard InChI is InChI=1S/C15H16FN5OS/c1-10-18-19-15-21(10)20-14(23-15)8-9-17-13(22)7-4-11-2-5-12(16)6-3-11/h2-3,5-6H,4,7-9H2,1H3,(H,17,22). The third-order valence-electron chi connectivity index (χ3n) is 3.40. The van der Waals surface area contributed by atoms with Crippen molar-refractivity contribution < 1.29 is 9.18 Å². The lowest BCUT2D eigenvalue weighted by atomic mass is 10.1. The van der Waals surface area contributed by atoms with E-state index >= 15 is 0 Å². The minimum Gasteiger partial charge on any atom is -0.356 e. The zero-order valence-electron chi connectivity index (χ0n) is 12.6. The van der Waals surface area contributed by atoms with Crippen LogP contribution in [0.15, 0.2) is 24.3 Å². The summed E-state index contributed by atoms with van der Waals surface area (Å²) in [7, 11) is 0. The van der Waals surface area contributed by atoms with Crippen LogP contribution in [0.4, 0.5) is 4.39 Å². The molecule has 6 nitrogen and oxygen atoms in total. The van der Waals surface area contributed by atoms with Crippen molar-refractivity contribution in [2.45, 2.75) is 26.2 Å². The first kappa shape index (κ1) is 15.5. The maximum absolute atomic E-state index is 12.8. The molecule has 1 amide bonds. The number of hydrogen-bond donors (Lipinski definition) is 1. The number of nitrogens with one attached hydrogen (secondary N) is 1. The quantitative estimate of drug-likeness (QED) is 0.748. The monoisotopic (exact) mass is 333 g/mol. The highest BCUT2D eigenvalue weighted by atomic mass is 32.1. The topological polar surface area (TPSA) is 72.2 Å². The van der Waals surface area contributed by atoms with Crippen LogP contribution in [0.25, 0.3) is 4.96 Å². The normalized spacial score (nSPS) is 11.0. The van der Waals surface area contributed by atoms with Gasteiger partial charge in [0.25, 0.3) is 0 Å². The van der Waals surface area contributed by atoms with E-state index in [4.69, 9.17) is 0 Å². The Balaban J connectivity index is 1.42. The average Bonchev–Trinajstić information content (AvgIpc) is 3.09. The fraction of sp³-hybridized carbons (Fsp3) is 0.333. The lowest BCUT2D eigenvalue weighted by Crippen LogP contribution is -2.25. The van der Waals surface area contributed by atoms with Crippen LogP contribution in [-0.4, -0.2) is 32.3 Å². The highest BCUT2D eigenvalue weighted by Gasteiger charge is 2.09. The van der Waals surface area contributed by atoms with Crippen LogP contribution in [0.1, 0.15) is 22.8 Å². The zero-order valence-corrected chi connectivity index (χ0v) is 13.4. The van der Waals surface area contributed by atoms with E-state index in [0.29, 0.717) is 25.8 Å². The lowest BCUT2D eigenvalue weighted by molar-refractivity contribution is -0.121. The maximum Gasteiger partial charge on any atom is 0.234 e. The molecule has 0 unspecified atom stereocenters. The zero-order chi connectivity index (χ0) is 16.2. The Morgan fingerprint density at radius 1 is 1.26 bits per heavy atom. The van der Waals surface area contributed by atoms with Gasteiger partial charge in [0.05, 0.1) is 0 Å². The van der Waals surface area contributed by atoms with Crippen molar-refractivity contribution in [2.75, 3.05) is 6.54 Å². The van der Waals surface area contributed by atoms with Crippen molar-refractivity contribution in [1.29, 1.82) is 0 Å². The minimum absolute atomic E-state index is 0.0199. The van der Waals surface area contributed by atoms with Gasteiger partial charge >= 0.3 is 0 Å². The highest BCUT2D eigenvalue weighted by Crippen LogP contribution is 2.13. The molecule has 23 heavy (non-hydrogen) atoms. The van der Waals surface area contributed by atoms with Crippen LogP contribution < -0.4 is 5.32 Å². The number of hydrogen-bond acceptors (Lipinski definition) is 5. The van der Waals surface area contributed by atoms with E-state index in [0.717, 1.165) is 21.4 Å². The van der Waals surface area contributed by atoms with Gasteiger partial charge in [-0.1, -0.05) is 23.5 Å². The van der Waals surface area contributed by atoms with Gasteiger partial charge in [-0.2, -0.15) is 9.61 Å². The summed E-state index contributed by atoms with van der Waals surface area (Å²) in [6.07, 6.45) is 1.65. The number of aryl methyl sites for hydroxylation is 2. The molecule has 2 aromatic heterocycles. The predicted octanol–water partition coefficient (Wildman–Crippen LogP) is 1.92. The molecule has 0 fully saturated rings. The number of nitrogens with zero attached hydrogens (tertiary/aromatic N) is 4. The van der Waals surface area contributed by atoms with Crippen LogP contribution in [0, 0.1) is 12.7 Å². The van der Waals surface area contributed by atoms with Crippen molar-refractivity contribution in [3.05, 3.63) is 46.5 Å². The van der Waals surface area contributed by atoms with Crippen LogP contribution in [0.5, 0.6) is 0 Å². The molecule has 1 N–H and O–H groups in total. The summed E-state index contributed by atoms with van der Waals surface area (Å²) >= 11 is 1.47. The average molecular weight is 333 g/mol. The Kier molecular flexibility index (Phi) is 4.61. The fourth-order valence-corrected chi connectivity index (χ4v) is 3.04. The van der Waals surface area contributed by atoms with Crippen molar-refractivity contribution in [2.24, 2.45) is 0 Å². The molecule has 0 saturated heterocycles. The molecule has 1 aromatic carbocycles. The van der Waals surface area contributed by atoms with Gasteiger partial charge in [0, 0.05) is 19.4 Å². The van der Waals surface area contributed by atoms with E-state index in [1.165, 1.54) is 23.5 Å². The largest absolute Gasteiger partial charge is 0.356 e. The van der Waals surface area contributed by atoms with Crippen LogP contribution in [0.2, 0.25) is 0 Å². The molecule has 120 valence electrons. The Morgan fingerprint density at radius 3 is 2.78 bits per heavy atom. The van der Waals surface area contributed by atoms with Gasteiger partial charge in [0.15, 0.2) is 5.82 Å². The van der Waals surface area contributed by atoms with E-state index in [2.05, 4.69) is 20.6 Å².